The number of rotatable bonds is 6. The van der Waals surface area contributed by atoms with Gasteiger partial charge in [0.1, 0.15) is 0 Å². The number of hydrogen-bond donors (Lipinski definition) is 1. The van der Waals surface area contributed by atoms with Crippen molar-refractivity contribution in [2.75, 3.05) is 32.7 Å². The van der Waals surface area contributed by atoms with Crippen LogP contribution in [0.4, 0.5) is 0 Å². The first kappa shape index (κ1) is 18.0. The van der Waals surface area contributed by atoms with Crippen LogP contribution in [0, 0.1) is 11.3 Å². The van der Waals surface area contributed by atoms with Gasteiger partial charge in [0.2, 0.25) is 5.91 Å². The number of carbonyl (C=O) groups excluding carboxylic acids is 1. The summed E-state index contributed by atoms with van der Waals surface area (Å²) < 4.78 is 0. The highest BCUT2D eigenvalue weighted by Crippen LogP contribution is 2.41. The normalized spacial score (nSPS) is 24.8. The van der Waals surface area contributed by atoms with Crippen LogP contribution >= 0.6 is 0 Å². The maximum Gasteiger partial charge on any atom is 0.222 e. The summed E-state index contributed by atoms with van der Waals surface area (Å²) in [5.41, 5.74) is 1.37. The summed E-state index contributed by atoms with van der Waals surface area (Å²) in [4.78, 5) is 16.9. The first-order valence-corrected chi connectivity index (χ1v) is 10.4. The molecule has 0 radical (unpaired) electrons. The van der Waals surface area contributed by atoms with E-state index in [2.05, 4.69) is 9.80 Å². The van der Waals surface area contributed by atoms with Crippen molar-refractivity contribution < 1.29 is 9.90 Å². The highest BCUT2D eigenvalue weighted by molar-refractivity contribution is 5.77. The Morgan fingerprint density at radius 1 is 1.12 bits per heavy atom. The Balaban J connectivity index is 1.25. The van der Waals surface area contributed by atoms with Gasteiger partial charge in [-0.05, 0) is 68.5 Å². The number of likely N-dealkylation sites (tertiary alicyclic amines) is 2. The van der Waals surface area contributed by atoms with Gasteiger partial charge in [-0.25, -0.2) is 0 Å². The number of piperidine rings is 2. The molecule has 3 fully saturated rings. The number of aliphatic hydroxyl groups is 1. The molecule has 1 saturated carbocycles. The highest BCUT2D eigenvalue weighted by Gasteiger charge is 2.42. The maximum atomic E-state index is 12.2. The average Bonchev–Trinajstić information content (AvgIpc) is 3.49. The fourth-order valence-electron chi connectivity index (χ4n) is 4.69. The molecule has 142 valence electrons. The van der Waals surface area contributed by atoms with Crippen molar-refractivity contribution in [1.29, 1.82) is 0 Å². The molecule has 1 amide bonds. The standard InChI is InChI=1S/C22H32N2O2/c25-20(19-4-2-1-3-5-19)9-13-23-14-11-22(12-15-23)10-8-21(26)24(17-22)16-18-6-7-18/h1-5,18,20,25H,6-17H2/t20-/m1/s1. The summed E-state index contributed by atoms with van der Waals surface area (Å²) in [6.07, 6.45) is 7.28. The molecule has 4 nitrogen and oxygen atoms in total. The summed E-state index contributed by atoms with van der Waals surface area (Å²) >= 11 is 0. The monoisotopic (exact) mass is 356 g/mol. The number of carbonyl (C=O) groups is 1. The predicted molar refractivity (Wildman–Crippen MR) is 103 cm³/mol. The predicted octanol–water partition coefficient (Wildman–Crippen LogP) is 3.22. The zero-order valence-electron chi connectivity index (χ0n) is 15.8. The van der Waals surface area contributed by atoms with E-state index >= 15 is 0 Å². The van der Waals surface area contributed by atoms with E-state index in [0.29, 0.717) is 11.3 Å². The molecule has 26 heavy (non-hydrogen) atoms. The third-order valence-electron chi connectivity index (χ3n) is 6.74. The minimum atomic E-state index is -0.367. The molecule has 0 aromatic heterocycles. The van der Waals surface area contributed by atoms with Gasteiger partial charge in [-0.15, -0.1) is 0 Å². The van der Waals surface area contributed by atoms with Crippen molar-refractivity contribution in [2.24, 2.45) is 11.3 Å². The van der Waals surface area contributed by atoms with E-state index in [0.717, 1.165) is 63.5 Å². The van der Waals surface area contributed by atoms with Crippen LogP contribution in [0.15, 0.2) is 30.3 Å². The first-order valence-electron chi connectivity index (χ1n) is 10.4. The van der Waals surface area contributed by atoms with Gasteiger partial charge >= 0.3 is 0 Å². The smallest absolute Gasteiger partial charge is 0.222 e. The average molecular weight is 357 g/mol. The van der Waals surface area contributed by atoms with Crippen molar-refractivity contribution >= 4 is 5.91 Å². The lowest BCUT2D eigenvalue weighted by molar-refractivity contribution is -0.139. The Morgan fingerprint density at radius 3 is 2.54 bits per heavy atom. The Morgan fingerprint density at radius 2 is 1.85 bits per heavy atom. The lowest BCUT2D eigenvalue weighted by Gasteiger charge is -2.47. The summed E-state index contributed by atoms with van der Waals surface area (Å²) in [7, 11) is 0. The summed E-state index contributed by atoms with van der Waals surface area (Å²) in [6.45, 7) is 5.16. The zero-order valence-corrected chi connectivity index (χ0v) is 15.8. The van der Waals surface area contributed by atoms with E-state index in [4.69, 9.17) is 0 Å². The third kappa shape index (κ3) is 4.29. The molecule has 4 rings (SSSR count). The molecule has 1 spiro atoms. The molecule has 1 aromatic rings. The van der Waals surface area contributed by atoms with Crippen LogP contribution in [0.2, 0.25) is 0 Å². The molecule has 1 aliphatic carbocycles. The number of nitrogens with zero attached hydrogens (tertiary/aromatic N) is 2. The van der Waals surface area contributed by atoms with Gasteiger partial charge in [-0.2, -0.15) is 0 Å². The molecular formula is C22H32N2O2. The second kappa shape index (κ2) is 7.69. The fraction of sp³-hybridized carbons (Fsp3) is 0.682. The van der Waals surface area contributed by atoms with Gasteiger partial charge in [0.25, 0.3) is 0 Å². The number of amides is 1. The van der Waals surface area contributed by atoms with Crippen LogP contribution in [0.3, 0.4) is 0 Å². The van der Waals surface area contributed by atoms with Crippen molar-refractivity contribution in [1.82, 2.24) is 9.80 Å². The van der Waals surface area contributed by atoms with Crippen LogP contribution in [-0.4, -0.2) is 53.5 Å². The Bertz CT molecular complexity index is 606. The topological polar surface area (TPSA) is 43.8 Å². The molecule has 0 unspecified atom stereocenters. The molecule has 1 atom stereocenters. The van der Waals surface area contributed by atoms with E-state index in [1.807, 2.05) is 30.3 Å². The minimum Gasteiger partial charge on any atom is -0.388 e. The van der Waals surface area contributed by atoms with E-state index < -0.39 is 0 Å². The summed E-state index contributed by atoms with van der Waals surface area (Å²) in [5, 5.41) is 10.4. The van der Waals surface area contributed by atoms with Crippen molar-refractivity contribution in [3.63, 3.8) is 0 Å². The van der Waals surface area contributed by atoms with Gasteiger partial charge in [0.15, 0.2) is 0 Å². The summed E-state index contributed by atoms with van der Waals surface area (Å²) in [6, 6.07) is 9.97. The van der Waals surface area contributed by atoms with Gasteiger partial charge < -0.3 is 14.9 Å². The fourth-order valence-corrected chi connectivity index (χ4v) is 4.69. The van der Waals surface area contributed by atoms with Crippen LogP contribution in [0.1, 0.15) is 56.6 Å². The van der Waals surface area contributed by atoms with Crippen LogP contribution in [0.5, 0.6) is 0 Å². The van der Waals surface area contributed by atoms with E-state index in [9.17, 15) is 9.90 Å². The first-order chi connectivity index (χ1) is 12.6. The SMILES string of the molecule is O=C1CCC2(CCN(CC[C@@H](O)c3ccccc3)CC2)CN1CC1CC1. The Kier molecular flexibility index (Phi) is 5.32. The number of aliphatic hydroxyl groups excluding tert-OH is 1. The third-order valence-corrected chi connectivity index (χ3v) is 6.74. The van der Waals surface area contributed by atoms with Gasteiger partial charge in [-0.1, -0.05) is 30.3 Å². The van der Waals surface area contributed by atoms with Gasteiger partial charge in [0.05, 0.1) is 6.10 Å². The van der Waals surface area contributed by atoms with E-state index in [1.165, 1.54) is 25.7 Å². The molecule has 4 heteroatoms. The Hall–Kier alpha value is -1.39. The maximum absolute atomic E-state index is 12.2. The second-order valence-electron chi connectivity index (χ2n) is 8.77. The quantitative estimate of drug-likeness (QED) is 0.851. The number of hydrogen-bond acceptors (Lipinski definition) is 3. The molecule has 2 aliphatic heterocycles. The van der Waals surface area contributed by atoms with Crippen molar-refractivity contribution in [3.8, 4) is 0 Å². The van der Waals surface area contributed by atoms with Gasteiger partial charge in [0, 0.05) is 26.1 Å². The largest absolute Gasteiger partial charge is 0.388 e. The second-order valence-corrected chi connectivity index (χ2v) is 8.77. The van der Waals surface area contributed by atoms with Crippen LogP contribution in [0.25, 0.3) is 0 Å². The van der Waals surface area contributed by atoms with E-state index in [-0.39, 0.29) is 6.10 Å². The zero-order chi connectivity index (χ0) is 18.0. The highest BCUT2D eigenvalue weighted by atomic mass is 16.3. The van der Waals surface area contributed by atoms with Gasteiger partial charge in [-0.3, -0.25) is 4.79 Å². The Labute approximate surface area is 157 Å². The molecule has 3 aliphatic rings. The molecule has 2 saturated heterocycles. The van der Waals surface area contributed by atoms with Crippen molar-refractivity contribution in [3.05, 3.63) is 35.9 Å². The van der Waals surface area contributed by atoms with Crippen LogP contribution in [-0.2, 0) is 4.79 Å². The summed E-state index contributed by atoms with van der Waals surface area (Å²) in [5.74, 6) is 1.17. The van der Waals surface area contributed by atoms with Crippen LogP contribution < -0.4 is 0 Å². The van der Waals surface area contributed by atoms with E-state index in [1.54, 1.807) is 0 Å². The number of benzene rings is 1. The molecule has 1 N–H and O–H groups in total. The molecule has 1 aromatic carbocycles. The minimum absolute atomic E-state index is 0.358. The lowest BCUT2D eigenvalue weighted by atomic mass is 9.72. The van der Waals surface area contributed by atoms with Crippen molar-refractivity contribution in [2.45, 2.75) is 51.0 Å². The lowest BCUT2D eigenvalue weighted by Crippen LogP contribution is -2.52. The molecule has 0 bridgehead atoms. The molecule has 2 heterocycles. The molecular weight excluding hydrogens is 324 g/mol.